The van der Waals surface area contributed by atoms with Crippen LogP contribution in [0.4, 0.5) is 8.78 Å². The molecule has 2 unspecified atom stereocenters. The van der Waals surface area contributed by atoms with Gasteiger partial charge in [0.1, 0.15) is 0 Å². The molecule has 0 aliphatic heterocycles. The van der Waals surface area contributed by atoms with Gasteiger partial charge in [0.2, 0.25) is 11.5 Å². The van der Waals surface area contributed by atoms with Crippen LogP contribution in [0.25, 0.3) is 0 Å². The second kappa shape index (κ2) is 2.37. The number of ketones is 1. The zero-order chi connectivity index (χ0) is 9.64. The summed E-state index contributed by atoms with van der Waals surface area (Å²) in [6, 6.07) is 6.10. The van der Waals surface area contributed by atoms with Crippen LogP contribution in [0.1, 0.15) is 29.0 Å². The van der Waals surface area contributed by atoms with E-state index in [0.717, 1.165) is 6.92 Å². The molecule has 0 N–H and O–H groups in total. The van der Waals surface area contributed by atoms with Crippen LogP contribution < -0.4 is 0 Å². The van der Waals surface area contributed by atoms with E-state index < -0.39 is 17.6 Å². The van der Waals surface area contributed by atoms with Gasteiger partial charge in [-0.25, -0.2) is 8.78 Å². The highest BCUT2D eigenvalue weighted by Gasteiger charge is 2.51. The molecular weight excluding hydrogens is 174 g/mol. The van der Waals surface area contributed by atoms with E-state index in [2.05, 4.69) is 0 Å². The first-order chi connectivity index (χ1) is 6.05. The summed E-state index contributed by atoms with van der Waals surface area (Å²) in [6.45, 7) is 0.986. The number of carbonyl (C=O) groups is 1. The standard InChI is InChI=1S/C10H8F2O/c1-10(12)8(11)6-4-2-3-5-7(6)9(10)13/h2-5,8H,1H3. The van der Waals surface area contributed by atoms with E-state index in [-0.39, 0.29) is 11.1 Å². The Bertz CT molecular complexity index is 371. The van der Waals surface area contributed by atoms with E-state index in [4.69, 9.17) is 0 Å². The third kappa shape index (κ3) is 0.930. The Labute approximate surface area is 74.4 Å². The molecule has 13 heavy (non-hydrogen) atoms. The zero-order valence-electron chi connectivity index (χ0n) is 7.05. The zero-order valence-corrected chi connectivity index (χ0v) is 7.05. The smallest absolute Gasteiger partial charge is 0.205 e. The van der Waals surface area contributed by atoms with Gasteiger partial charge in [0.15, 0.2) is 6.17 Å². The highest BCUT2D eigenvalue weighted by atomic mass is 19.2. The number of hydrogen-bond acceptors (Lipinski definition) is 1. The molecule has 0 spiro atoms. The van der Waals surface area contributed by atoms with Gasteiger partial charge in [-0.1, -0.05) is 24.3 Å². The van der Waals surface area contributed by atoms with E-state index in [1.165, 1.54) is 12.1 Å². The molecule has 1 aromatic carbocycles. The van der Waals surface area contributed by atoms with Crippen molar-refractivity contribution in [3.8, 4) is 0 Å². The van der Waals surface area contributed by atoms with Crippen LogP contribution in [0.3, 0.4) is 0 Å². The molecule has 0 heterocycles. The predicted octanol–water partition coefficient (Wildman–Crippen LogP) is 2.62. The van der Waals surface area contributed by atoms with Crippen molar-refractivity contribution in [2.24, 2.45) is 0 Å². The molecule has 0 saturated heterocycles. The fourth-order valence-electron chi connectivity index (χ4n) is 1.60. The molecule has 3 heteroatoms. The summed E-state index contributed by atoms with van der Waals surface area (Å²) in [6.07, 6.45) is -1.82. The van der Waals surface area contributed by atoms with Crippen LogP contribution in [0.2, 0.25) is 0 Å². The molecule has 0 bridgehead atoms. The fraction of sp³-hybridized carbons (Fsp3) is 0.300. The molecule has 1 aliphatic carbocycles. The lowest BCUT2D eigenvalue weighted by molar-refractivity contribution is 0.0528. The fourth-order valence-corrected chi connectivity index (χ4v) is 1.60. The quantitative estimate of drug-likeness (QED) is 0.602. The van der Waals surface area contributed by atoms with Crippen molar-refractivity contribution < 1.29 is 13.6 Å². The molecule has 1 nitrogen and oxygen atoms in total. The average Bonchev–Trinajstić information content (AvgIpc) is 2.30. The van der Waals surface area contributed by atoms with Crippen LogP contribution in [0.5, 0.6) is 0 Å². The summed E-state index contributed by atoms with van der Waals surface area (Å²) >= 11 is 0. The molecule has 2 atom stereocenters. The van der Waals surface area contributed by atoms with Gasteiger partial charge < -0.3 is 0 Å². The van der Waals surface area contributed by atoms with Gasteiger partial charge in [0.05, 0.1) is 0 Å². The van der Waals surface area contributed by atoms with Crippen molar-refractivity contribution in [1.29, 1.82) is 0 Å². The maximum Gasteiger partial charge on any atom is 0.205 e. The van der Waals surface area contributed by atoms with E-state index in [9.17, 15) is 13.6 Å². The molecule has 1 aliphatic rings. The van der Waals surface area contributed by atoms with Crippen molar-refractivity contribution in [2.45, 2.75) is 18.8 Å². The topological polar surface area (TPSA) is 17.1 Å². The van der Waals surface area contributed by atoms with Crippen LogP contribution in [0, 0.1) is 0 Å². The van der Waals surface area contributed by atoms with E-state index >= 15 is 0 Å². The Morgan fingerprint density at radius 1 is 1.38 bits per heavy atom. The molecule has 0 aromatic heterocycles. The SMILES string of the molecule is CC1(F)C(=O)c2ccccc2C1F. The molecule has 0 fully saturated rings. The van der Waals surface area contributed by atoms with Gasteiger partial charge in [-0.05, 0) is 6.92 Å². The van der Waals surface area contributed by atoms with Crippen LogP contribution >= 0.6 is 0 Å². The monoisotopic (exact) mass is 182 g/mol. The largest absolute Gasteiger partial charge is 0.290 e. The summed E-state index contributed by atoms with van der Waals surface area (Å²) in [5.41, 5.74) is -2.05. The number of fused-ring (bicyclic) bond motifs is 1. The molecule has 0 saturated carbocycles. The first-order valence-corrected chi connectivity index (χ1v) is 4.02. The maximum absolute atomic E-state index is 13.5. The van der Waals surface area contributed by atoms with E-state index in [1.54, 1.807) is 12.1 Å². The minimum Gasteiger partial charge on any atom is -0.290 e. The molecule has 0 radical (unpaired) electrons. The highest BCUT2D eigenvalue weighted by molar-refractivity contribution is 6.07. The first-order valence-electron chi connectivity index (χ1n) is 4.02. The molecule has 0 amide bonds. The summed E-state index contributed by atoms with van der Waals surface area (Å²) in [5, 5.41) is 0. The number of hydrogen-bond donors (Lipinski definition) is 0. The van der Waals surface area contributed by atoms with Crippen molar-refractivity contribution in [2.75, 3.05) is 0 Å². The van der Waals surface area contributed by atoms with Crippen molar-refractivity contribution in [3.63, 3.8) is 0 Å². The maximum atomic E-state index is 13.5. The Balaban J connectivity index is 2.64. The third-order valence-electron chi connectivity index (χ3n) is 2.40. The van der Waals surface area contributed by atoms with Gasteiger partial charge in [0.25, 0.3) is 0 Å². The van der Waals surface area contributed by atoms with Crippen LogP contribution in [0.15, 0.2) is 24.3 Å². The van der Waals surface area contributed by atoms with Crippen LogP contribution in [-0.4, -0.2) is 11.5 Å². The number of carbonyl (C=O) groups excluding carboxylic acids is 1. The summed E-state index contributed by atoms with van der Waals surface area (Å²) in [7, 11) is 0. The summed E-state index contributed by atoms with van der Waals surface area (Å²) in [5.74, 6) is -0.754. The van der Waals surface area contributed by atoms with Crippen molar-refractivity contribution in [3.05, 3.63) is 35.4 Å². The predicted molar refractivity (Wildman–Crippen MR) is 44.1 cm³/mol. The Morgan fingerprint density at radius 3 is 2.62 bits per heavy atom. The number of Topliss-reactive ketones (excluding diaryl/α,β-unsaturated/α-hetero) is 1. The minimum absolute atomic E-state index is 0.164. The Morgan fingerprint density at radius 2 is 2.00 bits per heavy atom. The number of benzene rings is 1. The van der Waals surface area contributed by atoms with Crippen molar-refractivity contribution in [1.82, 2.24) is 0 Å². The summed E-state index contributed by atoms with van der Waals surface area (Å²) < 4.78 is 26.8. The number of halogens is 2. The summed E-state index contributed by atoms with van der Waals surface area (Å²) in [4.78, 5) is 11.3. The lowest BCUT2D eigenvalue weighted by Crippen LogP contribution is -2.28. The van der Waals surface area contributed by atoms with Crippen molar-refractivity contribution >= 4 is 5.78 Å². The lowest BCUT2D eigenvalue weighted by Gasteiger charge is -2.13. The van der Waals surface area contributed by atoms with Gasteiger partial charge in [-0.2, -0.15) is 0 Å². The molecule has 1 aromatic rings. The molecule has 68 valence electrons. The van der Waals surface area contributed by atoms with E-state index in [0.29, 0.717) is 0 Å². The van der Waals surface area contributed by atoms with Gasteiger partial charge in [0, 0.05) is 11.1 Å². The number of alkyl halides is 2. The third-order valence-corrected chi connectivity index (χ3v) is 2.40. The lowest BCUT2D eigenvalue weighted by atomic mass is 10.0. The van der Waals surface area contributed by atoms with Crippen LogP contribution in [-0.2, 0) is 0 Å². The van der Waals surface area contributed by atoms with Gasteiger partial charge in [-0.15, -0.1) is 0 Å². The Kier molecular flexibility index (Phi) is 1.53. The average molecular weight is 182 g/mol. The van der Waals surface area contributed by atoms with E-state index in [1.807, 2.05) is 0 Å². The molecular formula is C10H8F2O. The normalized spacial score (nSPS) is 31.9. The van der Waals surface area contributed by atoms with Gasteiger partial charge in [-0.3, -0.25) is 4.79 Å². The van der Waals surface area contributed by atoms with Gasteiger partial charge >= 0.3 is 0 Å². The number of rotatable bonds is 0. The first kappa shape index (κ1) is 8.35. The second-order valence-corrected chi connectivity index (χ2v) is 3.35. The Hall–Kier alpha value is -1.25. The molecule has 2 rings (SSSR count). The second-order valence-electron chi connectivity index (χ2n) is 3.35. The minimum atomic E-state index is -2.39. The highest BCUT2D eigenvalue weighted by Crippen LogP contribution is 2.43.